The molecule has 0 radical (unpaired) electrons. The van der Waals surface area contributed by atoms with E-state index in [0.717, 1.165) is 45.7 Å². The molecule has 0 aliphatic heterocycles. The largest absolute Gasteiger partial charge is 0.466 e. The van der Waals surface area contributed by atoms with Gasteiger partial charge in [0.25, 0.3) is 0 Å². The molecule has 0 saturated carbocycles. The van der Waals surface area contributed by atoms with Crippen molar-refractivity contribution in [1.29, 1.82) is 0 Å². The molecule has 2 aromatic heterocycles. The van der Waals surface area contributed by atoms with Gasteiger partial charge in [-0.05, 0) is 51.5 Å². The number of para-hydroxylation sites is 1. The van der Waals surface area contributed by atoms with Crippen LogP contribution in [-0.2, 0) is 13.1 Å². The van der Waals surface area contributed by atoms with Crippen LogP contribution in [0.4, 0.5) is 0 Å². The summed E-state index contributed by atoms with van der Waals surface area (Å²) >= 11 is 0. The Morgan fingerprint density at radius 3 is 2.33 bits per heavy atom. The predicted molar refractivity (Wildman–Crippen MR) is 108 cm³/mol. The van der Waals surface area contributed by atoms with Gasteiger partial charge in [0.05, 0.1) is 11.4 Å². The van der Waals surface area contributed by atoms with E-state index in [1.165, 1.54) is 0 Å². The third-order valence-electron chi connectivity index (χ3n) is 4.49. The second kappa shape index (κ2) is 8.12. The summed E-state index contributed by atoms with van der Waals surface area (Å²) in [6.45, 7) is 9.33. The minimum absolute atomic E-state index is 0.650. The van der Waals surface area contributed by atoms with Gasteiger partial charge in [0.2, 0.25) is 0 Å². The van der Waals surface area contributed by atoms with Crippen molar-refractivity contribution in [3.8, 4) is 5.69 Å². The van der Waals surface area contributed by atoms with Crippen LogP contribution in [0.1, 0.15) is 34.0 Å². The Morgan fingerprint density at radius 2 is 1.74 bits per heavy atom. The van der Waals surface area contributed by atoms with E-state index in [9.17, 15) is 0 Å². The number of hydrogen-bond donors (Lipinski definition) is 2. The monoisotopic (exact) mass is 365 g/mol. The molecule has 0 atom stereocenters. The Balaban J connectivity index is 1.68. The van der Waals surface area contributed by atoms with Crippen LogP contribution in [0, 0.1) is 27.7 Å². The summed E-state index contributed by atoms with van der Waals surface area (Å²) in [6, 6.07) is 12.4. The quantitative estimate of drug-likeness (QED) is 0.536. The van der Waals surface area contributed by atoms with Gasteiger partial charge in [-0.2, -0.15) is 5.10 Å². The SMILES string of the molecule is CN=C(NCc1ccccc1-n1nc(C)cc1C)NCc1cc(C)oc1C. The molecule has 3 rings (SSSR count). The molecule has 6 nitrogen and oxygen atoms in total. The number of aliphatic imine (C=N–C) groups is 1. The van der Waals surface area contributed by atoms with Crippen molar-refractivity contribution in [1.82, 2.24) is 20.4 Å². The number of rotatable bonds is 5. The van der Waals surface area contributed by atoms with Gasteiger partial charge in [0.1, 0.15) is 11.5 Å². The molecule has 2 N–H and O–H groups in total. The summed E-state index contributed by atoms with van der Waals surface area (Å²) in [5.41, 5.74) is 5.50. The van der Waals surface area contributed by atoms with Crippen LogP contribution in [0.2, 0.25) is 0 Å². The van der Waals surface area contributed by atoms with Gasteiger partial charge in [0.15, 0.2) is 5.96 Å². The van der Waals surface area contributed by atoms with Crippen LogP contribution in [-0.4, -0.2) is 22.8 Å². The van der Waals surface area contributed by atoms with Gasteiger partial charge in [-0.25, -0.2) is 4.68 Å². The topological polar surface area (TPSA) is 67.4 Å². The molecular formula is C21H27N5O. The summed E-state index contributed by atoms with van der Waals surface area (Å²) in [4.78, 5) is 4.32. The summed E-state index contributed by atoms with van der Waals surface area (Å²) in [6.07, 6.45) is 0. The van der Waals surface area contributed by atoms with Crippen LogP contribution >= 0.6 is 0 Å². The molecule has 0 saturated heterocycles. The smallest absolute Gasteiger partial charge is 0.191 e. The molecule has 6 heteroatoms. The zero-order valence-corrected chi connectivity index (χ0v) is 16.6. The fourth-order valence-electron chi connectivity index (χ4n) is 3.18. The van der Waals surface area contributed by atoms with Crippen molar-refractivity contribution in [2.24, 2.45) is 4.99 Å². The fourth-order valence-corrected chi connectivity index (χ4v) is 3.18. The molecule has 0 fully saturated rings. The molecule has 0 bridgehead atoms. The van der Waals surface area contributed by atoms with Gasteiger partial charge in [-0.1, -0.05) is 18.2 Å². The summed E-state index contributed by atoms with van der Waals surface area (Å²) in [5.74, 6) is 2.60. The molecule has 27 heavy (non-hydrogen) atoms. The second-order valence-corrected chi connectivity index (χ2v) is 6.69. The van der Waals surface area contributed by atoms with E-state index in [-0.39, 0.29) is 0 Å². The van der Waals surface area contributed by atoms with Crippen molar-refractivity contribution in [2.75, 3.05) is 7.05 Å². The molecule has 3 aromatic rings. The number of nitrogens with zero attached hydrogens (tertiary/aromatic N) is 3. The third-order valence-corrected chi connectivity index (χ3v) is 4.49. The van der Waals surface area contributed by atoms with Crippen LogP contribution in [0.3, 0.4) is 0 Å². The van der Waals surface area contributed by atoms with Crippen molar-refractivity contribution in [3.63, 3.8) is 0 Å². The lowest BCUT2D eigenvalue weighted by Gasteiger charge is -2.15. The molecule has 0 amide bonds. The van der Waals surface area contributed by atoms with E-state index in [1.54, 1.807) is 7.05 Å². The maximum Gasteiger partial charge on any atom is 0.191 e. The Morgan fingerprint density at radius 1 is 1.04 bits per heavy atom. The standard InChI is InChI=1S/C21H27N5O/c1-14-10-15(2)26(25-14)20-9-7-6-8-18(20)12-23-21(22-5)24-13-19-11-16(3)27-17(19)4/h6-11H,12-13H2,1-5H3,(H2,22,23,24). The maximum atomic E-state index is 5.58. The molecule has 0 aliphatic carbocycles. The molecule has 142 valence electrons. The first-order chi connectivity index (χ1) is 13.0. The molecule has 0 spiro atoms. The van der Waals surface area contributed by atoms with Crippen LogP contribution in [0.5, 0.6) is 0 Å². The van der Waals surface area contributed by atoms with Crippen molar-refractivity contribution in [3.05, 3.63) is 70.4 Å². The normalized spacial score (nSPS) is 11.7. The molecule has 1 aromatic carbocycles. The Kier molecular flexibility index (Phi) is 5.64. The Labute approximate surface area is 160 Å². The van der Waals surface area contributed by atoms with E-state index in [0.29, 0.717) is 13.1 Å². The van der Waals surface area contributed by atoms with Gasteiger partial charge in [-0.15, -0.1) is 0 Å². The zero-order chi connectivity index (χ0) is 19.4. The van der Waals surface area contributed by atoms with E-state index in [4.69, 9.17) is 4.42 Å². The number of aromatic nitrogens is 2. The number of nitrogens with one attached hydrogen (secondary N) is 2. The highest BCUT2D eigenvalue weighted by molar-refractivity contribution is 5.79. The highest BCUT2D eigenvalue weighted by Crippen LogP contribution is 2.17. The number of guanidine groups is 1. The maximum absolute atomic E-state index is 5.58. The molecular weight excluding hydrogens is 338 g/mol. The van der Waals surface area contributed by atoms with Gasteiger partial charge < -0.3 is 15.1 Å². The predicted octanol–water partition coefficient (Wildman–Crippen LogP) is 3.56. The number of hydrogen-bond acceptors (Lipinski definition) is 3. The third kappa shape index (κ3) is 4.39. The minimum Gasteiger partial charge on any atom is -0.466 e. The summed E-state index contributed by atoms with van der Waals surface area (Å²) < 4.78 is 7.56. The van der Waals surface area contributed by atoms with Gasteiger partial charge in [0, 0.05) is 31.4 Å². The minimum atomic E-state index is 0.650. The lowest BCUT2D eigenvalue weighted by molar-refractivity contribution is 0.500. The van der Waals surface area contributed by atoms with Crippen LogP contribution < -0.4 is 10.6 Å². The van der Waals surface area contributed by atoms with E-state index in [2.05, 4.69) is 45.8 Å². The van der Waals surface area contributed by atoms with Crippen LogP contribution in [0.25, 0.3) is 5.69 Å². The van der Waals surface area contributed by atoms with E-state index in [1.807, 2.05) is 43.7 Å². The van der Waals surface area contributed by atoms with Gasteiger partial charge >= 0.3 is 0 Å². The first-order valence-electron chi connectivity index (χ1n) is 9.10. The summed E-state index contributed by atoms with van der Waals surface area (Å²) in [7, 11) is 1.77. The molecule has 0 unspecified atom stereocenters. The number of benzene rings is 1. The first-order valence-corrected chi connectivity index (χ1v) is 9.10. The number of furan rings is 1. The lowest BCUT2D eigenvalue weighted by Crippen LogP contribution is -2.36. The summed E-state index contributed by atoms with van der Waals surface area (Å²) in [5, 5.41) is 11.3. The highest BCUT2D eigenvalue weighted by Gasteiger charge is 2.10. The van der Waals surface area contributed by atoms with E-state index >= 15 is 0 Å². The van der Waals surface area contributed by atoms with Crippen LogP contribution in [0.15, 0.2) is 45.8 Å². The van der Waals surface area contributed by atoms with Crippen molar-refractivity contribution in [2.45, 2.75) is 40.8 Å². The number of aryl methyl sites for hydroxylation is 4. The Bertz CT molecular complexity index is 951. The zero-order valence-electron chi connectivity index (χ0n) is 16.6. The average molecular weight is 365 g/mol. The average Bonchev–Trinajstić information content (AvgIpc) is 3.15. The second-order valence-electron chi connectivity index (χ2n) is 6.69. The van der Waals surface area contributed by atoms with E-state index < -0.39 is 0 Å². The fraction of sp³-hybridized carbons (Fsp3) is 0.333. The van der Waals surface area contributed by atoms with Crippen molar-refractivity contribution >= 4 is 5.96 Å². The first kappa shape index (κ1) is 18.8. The highest BCUT2D eigenvalue weighted by atomic mass is 16.3. The Hall–Kier alpha value is -3.02. The lowest BCUT2D eigenvalue weighted by atomic mass is 10.1. The molecule has 0 aliphatic rings. The van der Waals surface area contributed by atoms with Crippen molar-refractivity contribution < 1.29 is 4.42 Å². The van der Waals surface area contributed by atoms with Gasteiger partial charge in [-0.3, -0.25) is 4.99 Å². The molecule has 2 heterocycles.